The van der Waals surface area contributed by atoms with Gasteiger partial charge < -0.3 is 30.3 Å². The van der Waals surface area contributed by atoms with Crippen molar-refractivity contribution in [3.05, 3.63) is 64.9 Å². The molecule has 2 heterocycles. The number of carbonyl (C=O) groups is 1. The number of hydrogen-bond acceptors (Lipinski definition) is 6. The van der Waals surface area contributed by atoms with Crippen LogP contribution in [-0.2, 0) is 6.42 Å². The highest BCUT2D eigenvalue weighted by Crippen LogP contribution is 2.48. The number of aromatic nitrogens is 1. The van der Waals surface area contributed by atoms with Crippen LogP contribution in [0.1, 0.15) is 69.3 Å². The largest absolute Gasteiger partial charge is 0.508 e. The average molecular weight is 522 g/mol. The number of ether oxygens (including phenoxy) is 1. The highest BCUT2D eigenvalue weighted by Gasteiger charge is 2.41. The Kier molecular flexibility index (Phi) is 7.47. The van der Waals surface area contributed by atoms with Crippen molar-refractivity contribution >= 4 is 16.7 Å². The summed E-state index contributed by atoms with van der Waals surface area (Å²) in [6.07, 6.45) is 8.41. The Morgan fingerprint density at radius 3 is 2.50 bits per heavy atom. The number of rotatable bonds is 8. The van der Waals surface area contributed by atoms with Crippen LogP contribution < -0.4 is 4.74 Å². The monoisotopic (exact) mass is 521 g/mol. The molecule has 4 rings (SSSR count). The number of aromatic hydroxyl groups is 3. The molecule has 0 unspecified atom stereocenters. The number of benzene rings is 2. The second kappa shape index (κ2) is 10.5. The van der Waals surface area contributed by atoms with Crippen molar-refractivity contribution in [1.29, 1.82) is 0 Å². The van der Waals surface area contributed by atoms with E-state index in [4.69, 9.17) is 4.74 Å². The number of hydrogen-bond donors (Lipinski definition) is 5. The van der Waals surface area contributed by atoms with Crippen LogP contribution in [0.2, 0.25) is 0 Å². The summed E-state index contributed by atoms with van der Waals surface area (Å²) in [6, 6.07) is 5.15. The number of carboxylic acid groups (broad SMARTS) is 1. The first-order chi connectivity index (χ1) is 17.9. The summed E-state index contributed by atoms with van der Waals surface area (Å²) < 4.78 is 7.65. The van der Waals surface area contributed by atoms with Gasteiger partial charge in [0.15, 0.2) is 0 Å². The van der Waals surface area contributed by atoms with Crippen molar-refractivity contribution in [2.24, 2.45) is 0 Å². The molecule has 0 amide bonds. The number of phenolic OH excluding ortho intramolecular Hbond substituents is 2. The molecule has 1 aliphatic heterocycles. The molecule has 0 fully saturated rings. The predicted molar refractivity (Wildman–Crippen MR) is 146 cm³/mol. The van der Waals surface area contributed by atoms with Crippen molar-refractivity contribution in [3.8, 4) is 28.8 Å². The standard InChI is InChI=1S/C30H35NO7/c1-17(2)7-5-8-18(3)9-6-12-30(4)26(34)15-21-25(33)14-20-22(27(21)38-30)16-31(28(20)35)23-13-19(29(36)37)10-11-24(23)32/h7,9-11,13-14,16,26,32-35H,5-6,8,12,15H2,1-4H3,(H,36,37)/t26-,30-/m0/s1. The topological polar surface area (TPSA) is 132 Å². The van der Waals surface area contributed by atoms with Gasteiger partial charge in [0.2, 0.25) is 5.88 Å². The van der Waals surface area contributed by atoms with Gasteiger partial charge in [0, 0.05) is 23.6 Å². The molecule has 0 saturated carbocycles. The van der Waals surface area contributed by atoms with E-state index in [-0.39, 0.29) is 40.4 Å². The lowest BCUT2D eigenvalue weighted by Gasteiger charge is -2.40. The SMILES string of the molecule is CC(C)=CCCC(C)=CCC[C@]1(C)Oc2c(c(O)cc3c(O)n(-c4cc(C(=O)O)ccc4O)cc23)C[C@@H]1O. The number of aromatic carboxylic acids is 1. The molecule has 38 heavy (non-hydrogen) atoms. The Hall–Kier alpha value is -3.91. The van der Waals surface area contributed by atoms with Gasteiger partial charge in [0.25, 0.3) is 0 Å². The molecule has 1 aromatic heterocycles. The number of aliphatic hydroxyl groups excluding tert-OH is 1. The van der Waals surface area contributed by atoms with Gasteiger partial charge in [-0.2, -0.15) is 0 Å². The normalized spacial score (nSPS) is 19.2. The fourth-order valence-corrected chi connectivity index (χ4v) is 4.91. The second-order valence-electron chi connectivity index (χ2n) is 10.5. The smallest absolute Gasteiger partial charge is 0.335 e. The summed E-state index contributed by atoms with van der Waals surface area (Å²) >= 11 is 0. The van der Waals surface area contributed by atoms with E-state index < -0.39 is 17.7 Å². The third kappa shape index (κ3) is 5.22. The fraction of sp³-hybridized carbons (Fsp3) is 0.367. The maximum atomic E-state index is 11.5. The van der Waals surface area contributed by atoms with Gasteiger partial charge in [-0.3, -0.25) is 4.57 Å². The maximum absolute atomic E-state index is 11.5. The number of carboxylic acids is 1. The third-order valence-electron chi connectivity index (χ3n) is 7.27. The molecule has 0 radical (unpaired) electrons. The van der Waals surface area contributed by atoms with E-state index >= 15 is 0 Å². The van der Waals surface area contributed by atoms with Gasteiger partial charge in [-0.15, -0.1) is 0 Å². The summed E-state index contributed by atoms with van der Waals surface area (Å²) in [5.74, 6) is -1.47. The van der Waals surface area contributed by atoms with E-state index in [9.17, 15) is 30.3 Å². The van der Waals surface area contributed by atoms with Crippen LogP contribution in [-0.4, -0.2) is 47.8 Å². The zero-order valence-corrected chi connectivity index (χ0v) is 22.2. The molecule has 8 heteroatoms. The van der Waals surface area contributed by atoms with E-state index in [1.54, 1.807) is 0 Å². The molecule has 0 saturated heterocycles. The molecule has 5 N–H and O–H groups in total. The number of phenols is 2. The first-order valence-corrected chi connectivity index (χ1v) is 12.7. The van der Waals surface area contributed by atoms with Crippen LogP contribution >= 0.6 is 0 Å². The van der Waals surface area contributed by atoms with Crippen LogP contribution in [0.5, 0.6) is 23.1 Å². The minimum Gasteiger partial charge on any atom is -0.508 e. The first kappa shape index (κ1) is 27.1. The predicted octanol–water partition coefficient (Wildman–Crippen LogP) is 5.97. The van der Waals surface area contributed by atoms with E-state index in [1.807, 2.05) is 6.92 Å². The molecule has 0 aliphatic carbocycles. The third-order valence-corrected chi connectivity index (χ3v) is 7.27. The first-order valence-electron chi connectivity index (χ1n) is 12.7. The number of nitrogens with zero attached hydrogens (tertiary/aromatic N) is 1. The van der Waals surface area contributed by atoms with Crippen molar-refractivity contribution in [1.82, 2.24) is 4.57 Å². The lowest BCUT2D eigenvalue weighted by molar-refractivity contribution is -0.0581. The van der Waals surface area contributed by atoms with E-state index in [0.29, 0.717) is 29.5 Å². The van der Waals surface area contributed by atoms with Crippen molar-refractivity contribution in [2.75, 3.05) is 0 Å². The van der Waals surface area contributed by atoms with Crippen molar-refractivity contribution in [3.63, 3.8) is 0 Å². The molecule has 0 bridgehead atoms. The molecule has 3 aromatic rings. The maximum Gasteiger partial charge on any atom is 0.335 e. The Labute approximate surface area is 221 Å². The number of allylic oxidation sites excluding steroid dienone is 4. The highest BCUT2D eigenvalue weighted by atomic mass is 16.5. The zero-order chi connectivity index (χ0) is 27.8. The Bertz CT molecular complexity index is 1440. The van der Waals surface area contributed by atoms with E-state index in [2.05, 4.69) is 32.9 Å². The fourth-order valence-electron chi connectivity index (χ4n) is 4.91. The lowest BCUT2D eigenvalue weighted by atomic mass is 9.84. The molecular weight excluding hydrogens is 486 g/mol. The van der Waals surface area contributed by atoms with E-state index in [0.717, 1.165) is 12.8 Å². The molecular formula is C30H35NO7. The number of aliphatic hydroxyl groups is 1. The number of fused-ring (bicyclic) bond motifs is 3. The van der Waals surface area contributed by atoms with Gasteiger partial charge in [0.05, 0.1) is 22.7 Å². The van der Waals surface area contributed by atoms with Crippen LogP contribution in [0.4, 0.5) is 0 Å². The lowest BCUT2D eigenvalue weighted by Crippen LogP contribution is -2.48. The minimum atomic E-state index is -1.17. The quantitative estimate of drug-likeness (QED) is 0.231. The molecule has 8 nitrogen and oxygen atoms in total. The van der Waals surface area contributed by atoms with Gasteiger partial charge in [-0.25, -0.2) is 4.79 Å². The summed E-state index contributed by atoms with van der Waals surface area (Å²) in [4.78, 5) is 11.5. The van der Waals surface area contributed by atoms with Crippen molar-refractivity contribution in [2.45, 2.75) is 71.5 Å². The van der Waals surface area contributed by atoms with Crippen molar-refractivity contribution < 1.29 is 35.1 Å². The minimum absolute atomic E-state index is 0.0593. The second-order valence-corrected chi connectivity index (χ2v) is 10.5. The molecule has 202 valence electrons. The Balaban J connectivity index is 1.68. The summed E-state index contributed by atoms with van der Waals surface area (Å²) in [6.45, 7) is 8.09. The summed E-state index contributed by atoms with van der Waals surface area (Å²) in [5, 5.41) is 53.2. The molecule has 2 atom stereocenters. The van der Waals surface area contributed by atoms with Crippen LogP contribution in [0, 0.1) is 0 Å². The zero-order valence-electron chi connectivity index (χ0n) is 22.2. The van der Waals surface area contributed by atoms with Gasteiger partial charge in [-0.1, -0.05) is 23.3 Å². The summed E-state index contributed by atoms with van der Waals surface area (Å²) in [5.41, 5.74) is 2.06. The van der Waals surface area contributed by atoms with Crippen LogP contribution in [0.25, 0.3) is 16.5 Å². The van der Waals surface area contributed by atoms with Gasteiger partial charge >= 0.3 is 5.97 Å². The summed E-state index contributed by atoms with van der Waals surface area (Å²) in [7, 11) is 0. The highest BCUT2D eigenvalue weighted by molar-refractivity contribution is 5.97. The van der Waals surface area contributed by atoms with Crippen LogP contribution in [0.3, 0.4) is 0 Å². The van der Waals surface area contributed by atoms with Crippen LogP contribution in [0.15, 0.2) is 53.8 Å². The van der Waals surface area contributed by atoms with E-state index in [1.165, 1.54) is 46.2 Å². The molecule has 1 aliphatic rings. The average Bonchev–Trinajstić information content (AvgIpc) is 3.16. The van der Waals surface area contributed by atoms with Gasteiger partial charge in [0.1, 0.15) is 22.8 Å². The van der Waals surface area contributed by atoms with Gasteiger partial charge in [-0.05, 0) is 77.6 Å². The Morgan fingerprint density at radius 2 is 1.82 bits per heavy atom. The molecule has 0 spiro atoms. The molecule has 2 aromatic carbocycles. The Morgan fingerprint density at radius 1 is 1.08 bits per heavy atom.